The van der Waals surface area contributed by atoms with E-state index in [2.05, 4.69) is 25.2 Å². The third kappa shape index (κ3) is 3.02. The predicted octanol–water partition coefficient (Wildman–Crippen LogP) is 3.41. The molecular weight excluding hydrogens is 381 g/mol. The van der Waals surface area contributed by atoms with Crippen LogP contribution in [0.5, 0.6) is 0 Å². The minimum atomic E-state index is -0.469. The first-order valence-corrected chi connectivity index (χ1v) is 9.70. The zero-order valence-electron chi connectivity index (χ0n) is 15.0. The van der Waals surface area contributed by atoms with Gasteiger partial charge < -0.3 is 16.0 Å². The Morgan fingerprint density at radius 1 is 1.14 bits per heavy atom. The first-order valence-electron chi connectivity index (χ1n) is 9.32. The van der Waals surface area contributed by atoms with Crippen molar-refractivity contribution in [3.63, 3.8) is 0 Å². The Morgan fingerprint density at radius 3 is 2.68 bits per heavy atom. The molecule has 2 aliphatic rings. The first kappa shape index (κ1) is 17.5. The molecule has 3 aromatic rings. The van der Waals surface area contributed by atoms with E-state index in [0.717, 1.165) is 25.7 Å². The summed E-state index contributed by atoms with van der Waals surface area (Å²) in [5, 5.41) is 3.20. The van der Waals surface area contributed by atoms with E-state index < -0.39 is 5.82 Å². The summed E-state index contributed by atoms with van der Waals surface area (Å²) in [6, 6.07) is 5.43. The van der Waals surface area contributed by atoms with Crippen LogP contribution in [0, 0.1) is 5.82 Å². The van der Waals surface area contributed by atoms with Crippen LogP contribution in [-0.4, -0.2) is 38.1 Å². The van der Waals surface area contributed by atoms with Gasteiger partial charge in [0.15, 0.2) is 5.82 Å². The number of piperidine rings is 1. The lowest BCUT2D eigenvalue weighted by atomic mass is 9.99. The van der Waals surface area contributed by atoms with Crippen molar-refractivity contribution in [1.82, 2.24) is 19.9 Å². The number of aromatic nitrogens is 4. The van der Waals surface area contributed by atoms with E-state index in [9.17, 15) is 4.39 Å². The summed E-state index contributed by atoms with van der Waals surface area (Å²) in [5.74, 6) is 0.738. The lowest BCUT2D eigenvalue weighted by Crippen LogP contribution is -2.48. The largest absolute Gasteiger partial charge is 0.338 e. The van der Waals surface area contributed by atoms with Gasteiger partial charge in [-0.05, 0) is 43.9 Å². The summed E-state index contributed by atoms with van der Waals surface area (Å²) in [6.07, 6.45) is 7.32. The van der Waals surface area contributed by atoms with Gasteiger partial charge in [-0.1, -0.05) is 11.6 Å². The van der Waals surface area contributed by atoms with E-state index in [1.165, 1.54) is 18.5 Å². The molecule has 2 fully saturated rings. The molecule has 2 aliphatic heterocycles. The molecule has 7 nitrogen and oxygen atoms in total. The van der Waals surface area contributed by atoms with Crippen LogP contribution in [0.25, 0.3) is 11.0 Å². The van der Waals surface area contributed by atoms with Gasteiger partial charge in [-0.2, -0.15) is 0 Å². The van der Waals surface area contributed by atoms with E-state index >= 15 is 0 Å². The number of halogens is 2. The maximum atomic E-state index is 13.4. The molecule has 0 amide bonds. The second-order valence-corrected chi connectivity index (χ2v) is 7.81. The van der Waals surface area contributed by atoms with Crippen LogP contribution in [0.4, 0.5) is 21.8 Å². The molecule has 1 aromatic carbocycles. The van der Waals surface area contributed by atoms with Crippen LogP contribution in [0.1, 0.15) is 25.7 Å². The maximum Gasteiger partial charge on any atom is 0.226 e. The maximum absolute atomic E-state index is 13.4. The van der Waals surface area contributed by atoms with Gasteiger partial charge in [0.25, 0.3) is 0 Å². The second kappa shape index (κ2) is 6.79. The van der Waals surface area contributed by atoms with Gasteiger partial charge in [0.05, 0.1) is 11.2 Å². The topological polar surface area (TPSA) is 92.9 Å². The first-order chi connectivity index (χ1) is 13.6. The lowest BCUT2D eigenvalue weighted by Gasteiger charge is -2.37. The highest BCUT2D eigenvalue weighted by atomic mass is 35.5. The minimum Gasteiger partial charge on any atom is -0.338 e. The summed E-state index contributed by atoms with van der Waals surface area (Å²) in [6.45, 7) is 0. The molecule has 0 radical (unpaired) electrons. The number of nitrogens with one attached hydrogen (secondary N) is 1. The number of nitrogens with two attached hydrogens (primary N) is 1. The van der Waals surface area contributed by atoms with Crippen molar-refractivity contribution in [2.75, 3.05) is 10.2 Å². The molecule has 9 heteroatoms. The average Bonchev–Trinajstić information content (AvgIpc) is 2.96. The number of benzene rings is 1. The monoisotopic (exact) mass is 399 g/mol. The molecule has 2 atom stereocenters. The van der Waals surface area contributed by atoms with Gasteiger partial charge in [0, 0.05) is 23.8 Å². The summed E-state index contributed by atoms with van der Waals surface area (Å²) < 4.78 is 13.4. The smallest absolute Gasteiger partial charge is 0.226 e. The van der Waals surface area contributed by atoms with Crippen LogP contribution in [0.2, 0.25) is 5.02 Å². The molecule has 2 saturated heterocycles. The molecule has 5 rings (SSSR count). The van der Waals surface area contributed by atoms with Crippen molar-refractivity contribution in [2.24, 2.45) is 5.73 Å². The number of rotatable bonds is 3. The predicted molar refractivity (Wildman–Crippen MR) is 106 cm³/mol. The summed E-state index contributed by atoms with van der Waals surface area (Å²) >= 11 is 5.89. The second-order valence-electron chi connectivity index (χ2n) is 7.40. The molecule has 28 heavy (non-hydrogen) atoms. The lowest BCUT2D eigenvalue weighted by molar-refractivity contribution is 0.409. The van der Waals surface area contributed by atoms with Crippen molar-refractivity contribution in [1.29, 1.82) is 0 Å². The summed E-state index contributed by atoms with van der Waals surface area (Å²) in [5.41, 5.74) is 8.05. The summed E-state index contributed by atoms with van der Waals surface area (Å²) in [7, 11) is 0. The number of hydrogen-bond donors (Lipinski definition) is 2. The molecule has 0 spiro atoms. The summed E-state index contributed by atoms with van der Waals surface area (Å²) in [4.78, 5) is 20.2. The van der Waals surface area contributed by atoms with Gasteiger partial charge >= 0.3 is 0 Å². The Balaban J connectivity index is 1.52. The fourth-order valence-corrected chi connectivity index (χ4v) is 4.50. The SMILES string of the molecule is NC1CC2CCC(C1)N2c1ncc2ncnc(Nc3ccc(F)c(Cl)c3)c2n1. The van der Waals surface area contributed by atoms with Gasteiger partial charge in [-0.25, -0.2) is 24.3 Å². The van der Waals surface area contributed by atoms with Crippen molar-refractivity contribution >= 4 is 40.1 Å². The Bertz CT molecular complexity index is 1030. The molecule has 144 valence electrons. The van der Waals surface area contributed by atoms with Crippen molar-refractivity contribution in [2.45, 2.75) is 43.8 Å². The van der Waals surface area contributed by atoms with Crippen molar-refractivity contribution in [3.05, 3.63) is 41.6 Å². The number of hydrogen-bond acceptors (Lipinski definition) is 7. The highest BCUT2D eigenvalue weighted by Gasteiger charge is 2.41. The molecule has 2 aromatic heterocycles. The number of fused-ring (bicyclic) bond motifs is 3. The quantitative estimate of drug-likeness (QED) is 0.697. The molecule has 2 unspecified atom stereocenters. The van der Waals surface area contributed by atoms with E-state index in [4.69, 9.17) is 22.3 Å². The number of nitrogens with zero attached hydrogens (tertiary/aromatic N) is 5. The Morgan fingerprint density at radius 2 is 1.93 bits per heavy atom. The molecule has 3 N–H and O–H groups in total. The van der Waals surface area contributed by atoms with Crippen molar-refractivity contribution < 1.29 is 4.39 Å². The zero-order chi connectivity index (χ0) is 19.3. The zero-order valence-corrected chi connectivity index (χ0v) is 15.8. The van der Waals surface area contributed by atoms with Gasteiger partial charge in [-0.3, -0.25) is 0 Å². The number of anilines is 3. The Hall–Kier alpha value is -2.58. The van der Waals surface area contributed by atoms with E-state index in [0.29, 0.717) is 40.6 Å². The highest BCUT2D eigenvalue weighted by Crippen LogP contribution is 2.38. The average molecular weight is 400 g/mol. The van der Waals surface area contributed by atoms with Gasteiger partial charge in [0.1, 0.15) is 23.2 Å². The van der Waals surface area contributed by atoms with Gasteiger partial charge in [-0.15, -0.1) is 0 Å². The van der Waals surface area contributed by atoms with Gasteiger partial charge in [0.2, 0.25) is 5.95 Å². The standard InChI is InChI=1S/C19H19ClFN7/c20-14-7-11(1-4-15(14)21)26-18-17-16(24-9-25-18)8-23-19(27-17)28-12-2-3-13(28)6-10(22)5-12/h1,4,7-10,12-13H,2-3,5-6,22H2,(H,24,25,26). The Kier molecular flexibility index (Phi) is 4.25. The van der Waals surface area contributed by atoms with E-state index in [1.807, 2.05) is 0 Å². The fourth-order valence-electron chi connectivity index (χ4n) is 4.32. The van der Waals surface area contributed by atoms with E-state index in [1.54, 1.807) is 12.3 Å². The van der Waals surface area contributed by atoms with E-state index in [-0.39, 0.29) is 11.1 Å². The molecule has 0 aliphatic carbocycles. The van der Waals surface area contributed by atoms with Crippen LogP contribution >= 0.6 is 11.6 Å². The van der Waals surface area contributed by atoms with Crippen LogP contribution < -0.4 is 16.0 Å². The van der Waals surface area contributed by atoms with Crippen LogP contribution in [0.15, 0.2) is 30.7 Å². The molecular formula is C19H19ClFN7. The normalized spacial score (nSPS) is 24.0. The Labute approximate surface area is 166 Å². The van der Waals surface area contributed by atoms with Crippen molar-refractivity contribution in [3.8, 4) is 0 Å². The minimum absolute atomic E-state index is 0.0416. The third-order valence-corrected chi connectivity index (χ3v) is 5.84. The highest BCUT2D eigenvalue weighted by molar-refractivity contribution is 6.31. The van der Waals surface area contributed by atoms with Crippen LogP contribution in [0.3, 0.4) is 0 Å². The molecule has 4 heterocycles. The molecule has 0 saturated carbocycles. The van der Waals surface area contributed by atoms with Crippen LogP contribution in [-0.2, 0) is 0 Å². The molecule has 2 bridgehead atoms. The third-order valence-electron chi connectivity index (χ3n) is 5.55. The fraction of sp³-hybridized carbons (Fsp3) is 0.368.